The Labute approximate surface area is 431 Å². The van der Waals surface area contributed by atoms with Crippen molar-refractivity contribution in [2.75, 3.05) is 0 Å². The highest BCUT2D eigenvalue weighted by molar-refractivity contribution is 6.12. The molecule has 74 heavy (non-hydrogen) atoms. The maximum atomic E-state index is 2.38. The molecule has 2 heterocycles. The fourth-order valence-electron chi connectivity index (χ4n) is 11.4. The standard InChI is InChI=1S/C72H48N2/c1-5-17-53(18-6-1)65-45-55(49-29-33-51(34-30-49)57-39-43-71-67(47-57)63-25-13-15-27-69(63)73(71)59-21-9-3-10-22-59)37-41-61(65)62-42-38-56(46-66(62)54-19-7-2-8-20-54)50-31-35-52(36-32-50)58-40-44-72-68(48-58)64-26-14-16-28-70(64)74(72)60-23-11-4-12-24-60/h1-48H. The normalized spacial score (nSPS) is 11.5. The average molecular weight is 941 g/mol. The van der Waals surface area contributed by atoms with E-state index in [4.69, 9.17) is 0 Å². The molecule has 0 aliphatic rings. The number of hydrogen-bond donors (Lipinski definition) is 0. The second-order valence-corrected chi connectivity index (χ2v) is 19.2. The van der Waals surface area contributed by atoms with Crippen molar-refractivity contribution in [3.8, 4) is 89.3 Å². The summed E-state index contributed by atoms with van der Waals surface area (Å²) in [6.45, 7) is 0. The molecule has 0 unspecified atom stereocenters. The summed E-state index contributed by atoms with van der Waals surface area (Å²) in [5, 5.41) is 5.02. The number of nitrogens with zero attached hydrogens (tertiary/aromatic N) is 2. The van der Waals surface area contributed by atoms with Crippen LogP contribution in [0.5, 0.6) is 0 Å². The van der Waals surface area contributed by atoms with E-state index in [-0.39, 0.29) is 0 Å². The van der Waals surface area contributed by atoms with Crippen LogP contribution in [0.1, 0.15) is 0 Å². The van der Waals surface area contributed by atoms with E-state index in [1.54, 1.807) is 0 Å². The summed E-state index contributed by atoms with van der Waals surface area (Å²) in [4.78, 5) is 0. The van der Waals surface area contributed by atoms with E-state index in [9.17, 15) is 0 Å². The molecular weight excluding hydrogens is 893 g/mol. The van der Waals surface area contributed by atoms with Gasteiger partial charge < -0.3 is 9.13 Å². The molecule has 14 aromatic rings. The van der Waals surface area contributed by atoms with Crippen LogP contribution >= 0.6 is 0 Å². The van der Waals surface area contributed by atoms with Gasteiger partial charge in [0, 0.05) is 32.9 Å². The van der Waals surface area contributed by atoms with Gasteiger partial charge in [-0.2, -0.15) is 0 Å². The first-order valence-corrected chi connectivity index (χ1v) is 25.5. The van der Waals surface area contributed by atoms with Crippen molar-refractivity contribution in [1.82, 2.24) is 9.13 Å². The topological polar surface area (TPSA) is 9.86 Å². The summed E-state index contributed by atoms with van der Waals surface area (Å²) in [5.74, 6) is 0. The number of fused-ring (bicyclic) bond motifs is 6. The van der Waals surface area contributed by atoms with Crippen LogP contribution in [-0.2, 0) is 0 Å². The van der Waals surface area contributed by atoms with Crippen molar-refractivity contribution in [2.24, 2.45) is 0 Å². The minimum absolute atomic E-state index is 1.17. The summed E-state index contributed by atoms with van der Waals surface area (Å²) in [5.41, 5.74) is 23.9. The lowest BCUT2D eigenvalue weighted by molar-refractivity contribution is 1.18. The lowest BCUT2D eigenvalue weighted by atomic mass is 9.86. The van der Waals surface area contributed by atoms with Gasteiger partial charge in [-0.3, -0.25) is 0 Å². The van der Waals surface area contributed by atoms with Crippen molar-refractivity contribution in [3.05, 3.63) is 291 Å². The predicted octanol–water partition coefficient (Wildman–Crippen LogP) is 19.5. The van der Waals surface area contributed by atoms with Crippen LogP contribution in [-0.4, -0.2) is 9.13 Å². The highest BCUT2D eigenvalue weighted by Gasteiger charge is 2.18. The van der Waals surface area contributed by atoms with E-state index in [1.165, 1.54) is 133 Å². The van der Waals surface area contributed by atoms with Gasteiger partial charge in [0.15, 0.2) is 0 Å². The van der Waals surface area contributed by atoms with Gasteiger partial charge >= 0.3 is 0 Å². The van der Waals surface area contributed by atoms with Crippen LogP contribution in [0.4, 0.5) is 0 Å². The van der Waals surface area contributed by atoms with Gasteiger partial charge in [0.1, 0.15) is 0 Å². The minimum Gasteiger partial charge on any atom is -0.309 e. The van der Waals surface area contributed by atoms with Crippen molar-refractivity contribution < 1.29 is 0 Å². The molecule has 0 spiro atoms. The van der Waals surface area contributed by atoms with E-state index in [2.05, 4.69) is 300 Å². The predicted molar refractivity (Wildman–Crippen MR) is 313 cm³/mol. The van der Waals surface area contributed by atoms with Crippen molar-refractivity contribution in [1.29, 1.82) is 0 Å². The van der Waals surface area contributed by atoms with Gasteiger partial charge in [0.2, 0.25) is 0 Å². The first-order chi connectivity index (χ1) is 36.7. The molecule has 346 valence electrons. The Hall–Kier alpha value is -9.76. The van der Waals surface area contributed by atoms with E-state index >= 15 is 0 Å². The fourth-order valence-corrected chi connectivity index (χ4v) is 11.4. The molecule has 2 heteroatoms. The van der Waals surface area contributed by atoms with Crippen LogP contribution in [0, 0.1) is 0 Å². The molecule has 0 bridgehead atoms. The molecule has 12 aromatic carbocycles. The van der Waals surface area contributed by atoms with Crippen molar-refractivity contribution >= 4 is 43.6 Å². The second-order valence-electron chi connectivity index (χ2n) is 19.2. The van der Waals surface area contributed by atoms with Crippen LogP contribution in [0.3, 0.4) is 0 Å². The highest BCUT2D eigenvalue weighted by Crippen LogP contribution is 2.43. The van der Waals surface area contributed by atoms with Gasteiger partial charge in [-0.05, 0) is 151 Å². The molecule has 2 nitrogen and oxygen atoms in total. The molecule has 0 fully saturated rings. The van der Waals surface area contributed by atoms with Gasteiger partial charge in [-0.25, -0.2) is 0 Å². The van der Waals surface area contributed by atoms with Gasteiger partial charge in [-0.1, -0.05) is 218 Å². The van der Waals surface area contributed by atoms with E-state index in [0.29, 0.717) is 0 Å². The Bertz CT molecular complexity index is 4070. The highest BCUT2D eigenvalue weighted by atomic mass is 15.0. The summed E-state index contributed by atoms with van der Waals surface area (Å²) in [6, 6.07) is 106. The first kappa shape index (κ1) is 43.1. The third-order valence-corrected chi connectivity index (χ3v) is 15.0. The summed E-state index contributed by atoms with van der Waals surface area (Å²) in [7, 11) is 0. The molecule has 14 rings (SSSR count). The van der Waals surface area contributed by atoms with Crippen molar-refractivity contribution in [3.63, 3.8) is 0 Å². The SMILES string of the molecule is c1ccc(-c2cc(-c3ccc(-c4ccc5c(c4)c4ccccc4n5-c4ccccc4)cc3)ccc2-c2ccc(-c3ccc(-c4ccc5c(c4)c4ccccc4n5-c4ccccc4)cc3)cc2-c2ccccc2)cc1. The zero-order valence-corrected chi connectivity index (χ0v) is 40.6. The number of aromatic nitrogens is 2. The molecule has 0 atom stereocenters. The number of benzene rings is 12. The summed E-state index contributed by atoms with van der Waals surface area (Å²) in [6.07, 6.45) is 0. The molecule has 0 saturated carbocycles. The Kier molecular flexibility index (Phi) is 10.6. The Balaban J connectivity index is 0.807. The maximum absolute atomic E-state index is 2.38. The summed E-state index contributed by atoms with van der Waals surface area (Å²) >= 11 is 0. The van der Waals surface area contributed by atoms with Crippen molar-refractivity contribution in [2.45, 2.75) is 0 Å². The number of para-hydroxylation sites is 4. The molecule has 0 aliphatic carbocycles. The Morgan fingerprint density at radius 3 is 0.824 bits per heavy atom. The molecular formula is C72H48N2. The molecule has 0 saturated heterocycles. The van der Waals surface area contributed by atoms with E-state index in [0.717, 1.165) is 0 Å². The van der Waals surface area contributed by atoms with Gasteiger partial charge in [0.25, 0.3) is 0 Å². The smallest absolute Gasteiger partial charge is 0.0541 e. The van der Waals surface area contributed by atoms with E-state index in [1.807, 2.05) is 0 Å². The molecule has 0 radical (unpaired) electrons. The lowest BCUT2D eigenvalue weighted by Crippen LogP contribution is -1.93. The van der Waals surface area contributed by atoms with Crippen LogP contribution in [0.25, 0.3) is 133 Å². The largest absolute Gasteiger partial charge is 0.309 e. The number of rotatable bonds is 9. The fraction of sp³-hybridized carbons (Fsp3) is 0. The number of hydrogen-bond acceptors (Lipinski definition) is 0. The maximum Gasteiger partial charge on any atom is 0.0541 e. The molecule has 2 aromatic heterocycles. The molecule has 0 N–H and O–H groups in total. The monoisotopic (exact) mass is 940 g/mol. The Morgan fingerprint density at radius 2 is 0.446 bits per heavy atom. The second kappa shape index (κ2) is 18.1. The molecule has 0 aliphatic heterocycles. The van der Waals surface area contributed by atoms with Crippen LogP contribution in [0.15, 0.2) is 291 Å². The zero-order valence-electron chi connectivity index (χ0n) is 40.6. The van der Waals surface area contributed by atoms with Gasteiger partial charge in [-0.15, -0.1) is 0 Å². The molecule has 0 amide bonds. The zero-order chi connectivity index (χ0) is 49.0. The van der Waals surface area contributed by atoms with Gasteiger partial charge in [0.05, 0.1) is 22.1 Å². The van der Waals surface area contributed by atoms with E-state index < -0.39 is 0 Å². The third-order valence-electron chi connectivity index (χ3n) is 15.0. The van der Waals surface area contributed by atoms with Crippen LogP contribution < -0.4 is 0 Å². The first-order valence-electron chi connectivity index (χ1n) is 25.5. The Morgan fingerprint density at radius 1 is 0.162 bits per heavy atom. The third kappa shape index (κ3) is 7.52. The van der Waals surface area contributed by atoms with Crippen LogP contribution in [0.2, 0.25) is 0 Å². The lowest BCUT2D eigenvalue weighted by Gasteiger charge is -2.18. The average Bonchev–Trinajstić information content (AvgIpc) is 4.00. The quantitative estimate of drug-likeness (QED) is 0.136. The summed E-state index contributed by atoms with van der Waals surface area (Å²) < 4.78 is 4.74. The minimum atomic E-state index is 1.17.